The topological polar surface area (TPSA) is 57.0 Å². The zero-order valence-corrected chi connectivity index (χ0v) is 15.0. The lowest BCUT2D eigenvalue weighted by atomic mass is 9.96. The average Bonchev–Trinajstić information content (AvgIpc) is 2.65. The summed E-state index contributed by atoms with van der Waals surface area (Å²) < 4.78 is 11.3. The molecule has 2 aromatic rings. The highest BCUT2D eigenvalue weighted by Gasteiger charge is 2.14. The second-order valence-electron chi connectivity index (χ2n) is 6.22. The number of nitrogens with zero attached hydrogens (tertiary/aromatic N) is 1. The molecule has 134 valence electrons. The first kappa shape index (κ1) is 17.7. The number of hydrogen-bond acceptors (Lipinski definition) is 5. The fraction of sp³-hybridized carbons (Fsp3) is 0.400. The van der Waals surface area contributed by atoms with Gasteiger partial charge in [-0.1, -0.05) is 24.3 Å². The zero-order valence-electron chi connectivity index (χ0n) is 15.0. The van der Waals surface area contributed by atoms with Crippen molar-refractivity contribution in [3.05, 3.63) is 47.5 Å². The molecule has 0 aliphatic carbocycles. The van der Waals surface area contributed by atoms with E-state index >= 15 is 0 Å². The van der Waals surface area contributed by atoms with E-state index in [1.54, 1.807) is 0 Å². The molecule has 0 unspecified atom stereocenters. The van der Waals surface area contributed by atoms with Crippen LogP contribution in [0.5, 0.6) is 11.5 Å². The maximum atomic E-state index is 5.83. The Labute approximate surface area is 149 Å². The van der Waals surface area contributed by atoms with Gasteiger partial charge in [0.05, 0.1) is 6.61 Å². The van der Waals surface area contributed by atoms with Crippen molar-refractivity contribution in [3.63, 3.8) is 0 Å². The van der Waals surface area contributed by atoms with Crippen LogP contribution in [-0.2, 0) is 11.4 Å². The second-order valence-corrected chi connectivity index (χ2v) is 6.22. The summed E-state index contributed by atoms with van der Waals surface area (Å²) in [6.07, 6.45) is 0.923. The third kappa shape index (κ3) is 4.31. The van der Waals surface area contributed by atoms with Crippen LogP contribution in [0.25, 0.3) is 11.1 Å². The van der Waals surface area contributed by atoms with Gasteiger partial charge in [-0.25, -0.2) is 0 Å². The Kier molecular flexibility index (Phi) is 5.91. The van der Waals surface area contributed by atoms with Crippen LogP contribution in [0.15, 0.2) is 36.4 Å². The van der Waals surface area contributed by atoms with Crippen LogP contribution in [-0.4, -0.2) is 38.4 Å². The molecule has 0 saturated heterocycles. The second kappa shape index (κ2) is 8.34. The molecule has 0 radical (unpaired) electrons. The zero-order chi connectivity index (χ0) is 17.6. The Morgan fingerprint density at radius 1 is 1.12 bits per heavy atom. The summed E-state index contributed by atoms with van der Waals surface area (Å²) in [4.78, 5) is 5.83. The van der Waals surface area contributed by atoms with Gasteiger partial charge in [0.2, 0.25) is 0 Å². The molecule has 1 aliphatic heterocycles. The quantitative estimate of drug-likeness (QED) is 0.784. The monoisotopic (exact) mass is 342 g/mol. The molecule has 25 heavy (non-hydrogen) atoms. The Morgan fingerprint density at radius 2 is 1.92 bits per heavy atom. The van der Waals surface area contributed by atoms with Crippen molar-refractivity contribution in [3.8, 4) is 22.6 Å². The Morgan fingerprint density at radius 3 is 2.72 bits per heavy atom. The number of hydrogen-bond donors (Lipinski definition) is 1. The molecule has 0 aromatic heterocycles. The summed E-state index contributed by atoms with van der Waals surface area (Å²) in [6, 6.07) is 12.4. The minimum Gasteiger partial charge on any atom is -0.486 e. The molecular weight excluding hydrogens is 316 g/mol. The molecule has 0 bridgehead atoms. The molecular formula is C20H26N2O3. The van der Waals surface area contributed by atoms with Gasteiger partial charge in [-0.2, -0.15) is 5.06 Å². The van der Waals surface area contributed by atoms with Crippen molar-refractivity contribution < 1.29 is 14.3 Å². The van der Waals surface area contributed by atoms with Crippen molar-refractivity contribution >= 4 is 0 Å². The molecule has 3 rings (SSSR count). The van der Waals surface area contributed by atoms with Crippen LogP contribution >= 0.6 is 0 Å². The van der Waals surface area contributed by atoms with E-state index in [9.17, 15) is 0 Å². The van der Waals surface area contributed by atoms with Crippen molar-refractivity contribution in [2.45, 2.75) is 20.0 Å². The molecule has 0 atom stereocenters. The number of hydroxylamine groups is 2. The molecule has 1 aliphatic rings. The average molecular weight is 342 g/mol. The first-order valence-electron chi connectivity index (χ1n) is 8.71. The summed E-state index contributed by atoms with van der Waals surface area (Å²) >= 11 is 0. The molecule has 5 heteroatoms. The van der Waals surface area contributed by atoms with Crippen molar-refractivity contribution in [1.82, 2.24) is 5.06 Å². The fourth-order valence-electron chi connectivity index (χ4n) is 2.92. The predicted molar refractivity (Wildman–Crippen MR) is 98.7 cm³/mol. The number of ether oxygens (including phenoxy) is 2. The maximum Gasteiger partial charge on any atom is 0.161 e. The normalized spacial score (nSPS) is 13.3. The van der Waals surface area contributed by atoms with E-state index in [1.165, 1.54) is 16.7 Å². The minimum atomic E-state index is 0.547. The lowest BCUT2D eigenvalue weighted by Crippen LogP contribution is -2.22. The maximum absolute atomic E-state index is 5.83. The van der Waals surface area contributed by atoms with E-state index < -0.39 is 0 Å². The molecule has 2 aromatic carbocycles. The number of fused-ring (bicyclic) bond motifs is 1. The first-order chi connectivity index (χ1) is 12.2. The van der Waals surface area contributed by atoms with Gasteiger partial charge in [0, 0.05) is 13.6 Å². The lowest BCUT2D eigenvalue weighted by Gasteiger charge is -2.20. The van der Waals surface area contributed by atoms with Gasteiger partial charge in [-0.05, 0) is 54.3 Å². The molecule has 5 nitrogen and oxygen atoms in total. The summed E-state index contributed by atoms with van der Waals surface area (Å²) in [5, 5.41) is 1.85. The largest absolute Gasteiger partial charge is 0.486 e. The van der Waals surface area contributed by atoms with Crippen LogP contribution in [0.4, 0.5) is 0 Å². The van der Waals surface area contributed by atoms with E-state index in [0.717, 1.165) is 30.0 Å². The molecule has 0 saturated carbocycles. The summed E-state index contributed by atoms with van der Waals surface area (Å²) in [6.45, 7) is 5.38. The van der Waals surface area contributed by atoms with Crippen molar-refractivity contribution in [1.29, 1.82) is 0 Å². The highest BCUT2D eigenvalue weighted by molar-refractivity contribution is 5.71. The lowest BCUT2D eigenvalue weighted by molar-refractivity contribution is -0.150. The third-order valence-electron chi connectivity index (χ3n) is 4.42. The standard InChI is InChI=1S/C20H26N2O3/c1-15-17(14-25-22(2)10-4-9-21)5-3-6-18(15)16-7-8-19-20(13-16)24-12-11-23-19/h3,5-8,13H,4,9-12,14,21H2,1-2H3. The summed E-state index contributed by atoms with van der Waals surface area (Å²) in [5.41, 5.74) is 10.2. The van der Waals surface area contributed by atoms with Crippen LogP contribution < -0.4 is 15.2 Å². The van der Waals surface area contributed by atoms with Gasteiger partial charge in [0.1, 0.15) is 13.2 Å². The smallest absolute Gasteiger partial charge is 0.161 e. The Bertz CT molecular complexity index is 718. The van der Waals surface area contributed by atoms with E-state index in [0.29, 0.717) is 26.4 Å². The fourth-order valence-corrected chi connectivity index (χ4v) is 2.92. The van der Waals surface area contributed by atoms with E-state index in [2.05, 4.69) is 37.3 Å². The van der Waals surface area contributed by atoms with Crippen LogP contribution in [0.2, 0.25) is 0 Å². The number of nitrogens with two attached hydrogens (primary N) is 1. The number of benzene rings is 2. The predicted octanol–water partition coefficient (Wildman–Crippen LogP) is 3.15. The Balaban J connectivity index is 1.77. The molecule has 0 fully saturated rings. The van der Waals surface area contributed by atoms with Crippen LogP contribution in [0, 0.1) is 6.92 Å². The van der Waals surface area contributed by atoms with Crippen LogP contribution in [0.3, 0.4) is 0 Å². The van der Waals surface area contributed by atoms with Gasteiger partial charge >= 0.3 is 0 Å². The van der Waals surface area contributed by atoms with Gasteiger partial charge < -0.3 is 15.2 Å². The molecule has 0 spiro atoms. The number of rotatable bonds is 7. The van der Waals surface area contributed by atoms with Gasteiger partial charge in [-0.3, -0.25) is 4.84 Å². The van der Waals surface area contributed by atoms with Gasteiger partial charge in [0.15, 0.2) is 11.5 Å². The van der Waals surface area contributed by atoms with Gasteiger partial charge in [0.25, 0.3) is 0 Å². The molecule has 1 heterocycles. The van der Waals surface area contributed by atoms with E-state index in [1.807, 2.05) is 18.2 Å². The van der Waals surface area contributed by atoms with Crippen LogP contribution in [0.1, 0.15) is 17.5 Å². The first-order valence-corrected chi connectivity index (χ1v) is 8.71. The minimum absolute atomic E-state index is 0.547. The van der Waals surface area contributed by atoms with Crippen molar-refractivity contribution in [2.75, 3.05) is 33.4 Å². The Hall–Kier alpha value is -2.08. The van der Waals surface area contributed by atoms with Crippen molar-refractivity contribution in [2.24, 2.45) is 5.73 Å². The summed E-state index contributed by atoms with van der Waals surface area (Å²) in [7, 11) is 1.94. The molecule has 2 N–H and O–H groups in total. The molecule has 0 amide bonds. The van der Waals surface area contributed by atoms with Gasteiger partial charge in [-0.15, -0.1) is 0 Å². The van der Waals surface area contributed by atoms with E-state index in [-0.39, 0.29) is 0 Å². The highest BCUT2D eigenvalue weighted by atomic mass is 16.7. The SMILES string of the molecule is Cc1c(CON(C)CCCN)cccc1-c1ccc2c(c1)OCCO2. The summed E-state index contributed by atoms with van der Waals surface area (Å²) in [5.74, 6) is 1.62. The van der Waals surface area contributed by atoms with E-state index in [4.69, 9.17) is 20.0 Å². The third-order valence-corrected chi connectivity index (χ3v) is 4.42. The highest BCUT2D eigenvalue weighted by Crippen LogP contribution is 2.36.